The SMILES string of the molecule is CC(C)CC(NC(=O)C(N)Cc1ccccc1)C(=O)NC(C)C(=O)N1CCCC1C(=O)O. The number of hydrogen-bond acceptors (Lipinski definition) is 5. The maximum atomic E-state index is 12.9. The van der Waals surface area contributed by atoms with Crippen molar-refractivity contribution in [3.8, 4) is 0 Å². The zero-order valence-corrected chi connectivity index (χ0v) is 18.9. The summed E-state index contributed by atoms with van der Waals surface area (Å²) in [7, 11) is 0. The fourth-order valence-corrected chi connectivity index (χ4v) is 3.85. The maximum Gasteiger partial charge on any atom is 0.326 e. The van der Waals surface area contributed by atoms with Crippen molar-refractivity contribution in [2.75, 3.05) is 6.54 Å². The summed E-state index contributed by atoms with van der Waals surface area (Å²) < 4.78 is 0. The number of carboxylic acids is 1. The van der Waals surface area contributed by atoms with Crippen LogP contribution in [0.2, 0.25) is 0 Å². The predicted octanol–water partition coefficient (Wildman–Crippen LogP) is 0.668. The summed E-state index contributed by atoms with van der Waals surface area (Å²) >= 11 is 0. The Morgan fingerprint density at radius 1 is 1.09 bits per heavy atom. The average molecular weight is 447 g/mol. The molecule has 0 radical (unpaired) electrons. The first-order chi connectivity index (χ1) is 15.1. The van der Waals surface area contributed by atoms with Gasteiger partial charge in [0.05, 0.1) is 6.04 Å². The lowest BCUT2D eigenvalue weighted by Gasteiger charge is -2.27. The topological polar surface area (TPSA) is 142 Å². The molecule has 0 aromatic heterocycles. The third-order valence-corrected chi connectivity index (χ3v) is 5.53. The highest BCUT2D eigenvalue weighted by Crippen LogP contribution is 2.18. The van der Waals surface area contributed by atoms with Crippen LogP contribution in [-0.2, 0) is 25.6 Å². The molecule has 1 aliphatic rings. The minimum absolute atomic E-state index is 0.109. The van der Waals surface area contributed by atoms with Crippen LogP contribution < -0.4 is 16.4 Å². The van der Waals surface area contributed by atoms with Gasteiger partial charge >= 0.3 is 5.97 Å². The van der Waals surface area contributed by atoms with Crippen LogP contribution in [0.15, 0.2) is 30.3 Å². The summed E-state index contributed by atoms with van der Waals surface area (Å²) in [6.07, 6.45) is 1.71. The fourth-order valence-electron chi connectivity index (χ4n) is 3.85. The van der Waals surface area contributed by atoms with Crippen molar-refractivity contribution in [1.82, 2.24) is 15.5 Å². The Morgan fingerprint density at radius 2 is 1.75 bits per heavy atom. The molecule has 1 aromatic rings. The molecule has 5 N–H and O–H groups in total. The van der Waals surface area contributed by atoms with E-state index in [2.05, 4.69) is 10.6 Å². The number of nitrogens with two attached hydrogens (primary N) is 1. The van der Waals surface area contributed by atoms with Gasteiger partial charge < -0.3 is 26.4 Å². The summed E-state index contributed by atoms with van der Waals surface area (Å²) in [6.45, 7) is 5.71. The van der Waals surface area contributed by atoms with Crippen LogP contribution in [0, 0.1) is 5.92 Å². The Hall–Kier alpha value is -2.94. The quantitative estimate of drug-likeness (QED) is 0.416. The molecule has 1 fully saturated rings. The number of hydrogen-bond donors (Lipinski definition) is 4. The second-order valence-corrected chi connectivity index (χ2v) is 8.75. The van der Waals surface area contributed by atoms with Crippen molar-refractivity contribution in [2.24, 2.45) is 11.7 Å². The summed E-state index contributed by atoms with van der Waals surface area (Å²) in [5.41, 5.74) is 6.96. The van der Waals surface area contributed by atoms with Crippen molar-refractivity contribution in [3.63, 3.8) is 0 Å². The molecular formula is C23H34N4O5. The molecule has 4 unspecified atom stereocenters. The van der Waals surface area contributed by atoms with Crippen LogP contribution in [0.3, 0.4) is 0 Å². The third kappa shape index (κ3) is 7.05. The van der Waals surface area contributed by atoms with Gasteiger partial charge in [-0.15, -0.1) is 0 Å². The monoisotopic (exact) mass is 446 g/mol. The Labute approximate surface area is 188 Å². The van der Waals surface area contributed by atoms with E-state index in [4.69, 9.17) is 5.73 Å². The Bertz CT molecular complexity index is 814. The molecule has 0 bridgehead atoms. The van der Waals surface area contributed by atoms with Crippen LogP contribution in [0.25, 0.3) is 0 Å². The van der Waals surface area contributed by atoms with Gasteiger partial charge in [-0.05, 0) is 44.1 Å². The predicted molar refractivity (Wildman–Crippen MR) is 119 cm³/mol. The van der Waals surface area contributed by atoms with Gasteiger partial charge in [0.2, 0.25) is 17.7 Å². The molecule has 1 heterocycles. The Morgan fingerprint density at radius 3 is 2.34 bits per heavy atom. The lowest BCUT2D eigenvalue weighted by atomic mass is 10.0. The summed E-state index contributed by atoms with van der Waals surface area (Å²) in [6, 6.07) is 5.90. The van der Waals surface area contributed by atoms with E-state index in [1.54, 1.807) is 0 Å². The Kier molecular flexibility index (Phi) is 9.19. The number of benzene rings is 1. The maximum absolute atomic E-state index is 12.9. The number of nitrogens with zero attached hydrogens (tertiary/aromatic N) is 1. The Balaban J connectivity index is 1.99. The molecule has 3 amide bonds. The molecule has 32 heavy (non-hydrogen) atoms. The summed E-state index contributed by atoms with van der Waals surface area (Å²) in [5.74, 6) is -2.33. The normalized spacial score (nSPS) is 18.7. The standard InChI is InChI=1S/C23H34N4O5/c1-14(2)12-18(26-20(28)17(24)13-16-8-5-4-6-9-16)21(29)25-15(3)22(30)27-11-7-10-19(27)23(31)32/h4-6,8-9,14-15,17-19H,7,10-13,24H2,1-3H3,(H,25,29)(H,26,28)(H,31,32). The van der Waals surface area contributed by atoms with E-state index in [0.29, 0.717) is 32.2 Å². The van der Waals surface area contributed by atoms with E-state index >= 15 is 0 Å². The van der Waals surface area contributed by atoms with E-state index < -0.39 is 47.9 Å². The first-order valence-electron chi connectivity index (χ1n) is 11.0. The number of nitrogens with one attached hydrogen (secondary N) is 2. The molecule has 1 saturated heterocycles. The van der Waals surface area contributed by atoms with Crippen molar-refractivity contribution in [1.29, 1.82) is 0 Å². The van der Waals surface area contributed by atoms with E-state index in [0.717, 1.165) is 5.56 Å². The zero-order valence-electron chi connectivity index (χ0n) is 18.9. The van der Waals surface area contributed by atoms with Gasteiger partial charge in [-0.3, -0.25) is 14.4 Å². The fraction of sp³-hybridized carbons (Fsp3) is 0.565. The van der Waals surface area contributed by atoms with Gasteiger partial charge in [-0.2, -0.15) is 0 Å². The van der Waals surface area contributed by atoms with Crippen molar-refractivity contribution >= 4 is 23.7 Å². The molecule has 0 saturated carbocycles. The minimum atomic E-state index is -1.05. The largest absolute Gasteiger partial charge is 0.480 e. The molecular weight excluding hydrogens is 412 g/mol. The molecule has 176 valence electrons. The van der Waals surface area contributed by atoms with Crippen LogP contribution in [-0.4, -0.2) is 64.4 Å². The van der Waals surface area contributed by atoms with Crippen LogP contribution >= 0.6 is 0 Å². The van der Waals surface area contributed by atoms with Gasteiger partial charge in [-0.25, -0.2) is 4.79 Å². The van der Waals surface area contributed by atoms with Crippen LogP contribution in [0.4, 0.5) is 0 Å². The molecule has 9 nitrogen and oxygen atoms in total. The first-order valence-corrected chi connectivity index (χ1v) is 11.0. The number of carbonyl (C=O) groups excluding carboxylic acids is 3. The molecule has 1 aromatic carbocycles. The lowest BCUT2D eigenvalue weighted by molar-refractivity contribution is -0.149. The average Bonchev–Trinajstić information content (AvgIpc) is 3.23. The number of likely N-dealkylation sites (tertiary alicyclic amines) is 1. The van der Waals surface area contributed by atoms with E-state index in [9.17, 15) is 24.3 Å². The van der Waals surface area contributed by atoms with Crippen molar-refractivity contribution < 1.29 is 24.3 Å². The van der Waals surface area contributed by atoms with Crippen LogP contribution in [0.5, 0.6) is 0 Å². The van der Waals surface area contributed by atoms with Crippen molar-refractivity contribution in [2.45, 2.75) is 70.6 Å². The van der Waals surface area contributed by atoms with Crippen molar-refractivity contribution in [3.05, 3.63) is 35.9 Å². The van der Waals surface area contributed by atoms with Gasteiger partial charge in [0.25, 0.3) is 0 Å². The van der Waals surface area contributed by atoms with E-state index in [-0.39, 0.29) is 5.92 Å². The lowest BCUT2D eigenvalue weighted by Crippen LogP contribution is -2.56. The smallest absolute Gasteiger partial charge is 0.326 e. The van der Waals surface area contributed by atoms with E-state index in [1.165, 1.54) is 11.8 Å². The molecule has 0 aliphatic carbocycles. The highest BCUT2D eigenvalue weighted by atomic mass is 16.4. The number of aliphatic carboxylic acids is 1. The van der Waals surface area contributed by atoms with Gasteiger partial charge in [-0.1, -0.05) is 44.2 Å². The zero-order chi connectivity index (χ0) is 23.8. The number of rotatable bonds is 10. The highest BCUT2D eigenvalue weighted by molar-refractivity contribution is 5.94. The highest BCUT2D eigenvalue weighted by Gasteiger charge is 2.37. The van der Waals surface area contributed by atoms with Gasteiger partial charge in [0, 0.05) is 6.54 Å². The molecule has 9 heteroatoms. The number of amides is 3. The number of carboxylic acid groups (broad SMARTS) is 1. The molecule has 4 atom stereocenters. The molecule has 0 spiro atoms. The van der Waals surface area contributed by atoms with E-state index in [1.807, 2.05) is 44.2 Å². The molecule has 1 aliphatic heterocycles. The second kappa shape index (κ2) is 11.6. The molecule has 2 rings (SSSR count). The van der Waals surface area contributed by atoms with Gasteiger partial charge in [0.1, 0.15) is 18.1 Å². The summed E-state index contributed by atoms with van der Waals surface area (Å²) in [4.78, 5) is 50.9. The van der Waals surface area contributed by atoms with Crippen LogP contribution in [0.1, 0.15) is 45.6 Å². The summed E-state index contributed by atoms with van der Waals surface area (Å²) in [5, 5.41) is 14.7. The number of carbonyl (C=O) groups is 4. The van der Waals surface area contributed by atoms with Gasteiger partial charge in [0.15, 0.2) is 0 Å². The minimum Gasteiger partial charge on any atom is -0.480 e. The second-order valence-electron chi connectivity index (χ2n) is 8.75. The first kappa shape index (κ1) is 25.3. The third-order valence-electron chi connectivity index (χ3n) is 5.53.